The topological polar surface area (TPSA) is 61.4 Å². The van der Waals surface area contributed by atoms with Crippen molar-refractivity contribution in [1.82, 2.24) is 29.1 Å². The first-order valence-corrected chi connectivity index (χ1v) is 22.1. The molecule has 2 aliphatic carbocycles. The molecular formula is C58H40N6. The van der Waals surface area contributed by atoms with Crippen molar-refractivity contribution in [3.05, 3.63) is 192 Å². The molecule has 0 spiro atoms. The van der Waals surface area contributed by atoms with E-state index in [0.29, 0.717) is 11.6 Å². The summed E-state index contributed by atoms with van der Waals surface area (Å²) in [4.78, 5) is 21.4. The number of fused-ring (bicyclic) bond motifs is 16. The van der Waals surface area contributed by atoms with Crippen molar-refractivity contribution >= 4 is 65.4 Å². The highest BCUT2D eigenvalue weighted by Crippen LogP contribution is 2.55. The molecule has 0 radical (unpaired) electrons. The first kappa shape index (κ1) is 35.6. The highest BCUT2D eigenvalue weighted by atomic mass is 15.1. The summed E-state index contributed by atoms with van der Waals surface area (Å²) >= 11 is 0. The summed E-state index contributed by atoms with van der Waals surface area (Å²) in [6, 6.07) is 57.3. The Hall–Kier alpha value is -7.96. The van der Waals surface area contributed by atoms with Crippen molar-refractivity contribution in [1.29, 1.82) is 0 Å². The van der Waals surface area contributed by atoms with Gasteiger partial charge in [0.1, 0.15) is 11.0 Å². The highest BCUT2D eigenvalue weighted by molar-refractivity contribution is 6.14. The normalized spacial score (nSPS) is 14.5. The molecule has 0 saturated heterocycles. The Morgan fingerprint density at radius 2 is 0.781 bits per heavy atom. The minimum absolute atomic E-state index is 0.260. The lowest BCUT2D eigenvalue weighted by molar-refractivity contribution is 0.666. The van der Waals surface area contributed by atoms with Crippen LogP contribution < -0.4 is 0 Å². The average Bonchev–Trinajstić information content (AvgIpc) is 3.99. The zero-order valence-corrected chi connectivity index (χ0v) is 35.8. The third-order valence-corrected chi connectivity index (χ3v) is 14.6. The molecule has 302 valence electrons. The van der Waals surface area contributed by atoms with Gasteiger partial charge >= 0.3 is 0 Å². The van der Waals surface area contributed by atoms with Gasteiger partial charge in [-0.2, -0.15) is 0 Å². The molecule has 0 fully saturated rings. The van der Waals surface area contributed by atoms with Crippen LogP contribution >= 0.6 is 0 Å². The van der Waals surface area contributed by atoms with Crippen molar-refractivity contribution in [2.24, 2.45) is 0 Å². The van der Waals surface area contributed by atoms with E-state index in [4.69, 9.17) is 19.9 Å². The van der Waals surface area contributed by atoms with E-state index in [1.165, 1.54) is 66.1 Å². The summed E-state index contributed by atoms with van der Waals surface area (Å²) < 4.78 is 4.68. The number of rotatable bonds is 3. The van der Waals surface area contributed by atoms with E-state index in [-0.39, 0.29) is 10.8 Å². The maximum absolute atomic E-state index is 5.54. The van der Waals surface area contributed by atoms with Crippen LogP contribution in [0.4, 0.5) is 0 Å². The van der Waals surface area contributed by atoms with Gasteiger partial charge in [-0.25, -0.2) is 19.9 Å². The predicted octanol–water partition coefficient (Wildman–Crippen LogP) is 14.0. The van der Waals surface area contributed by atoms with Crippen LogP contribution in [-0.2, 0) is 10.8 Å². The van der Waals surface area contributed by atoms with Gasteiger partial charge in [0.05, 0.1) is 34.5 Å². The standard InChI is InChI=1S/C58H40N6/c1-57(2)43-19-11-9-17-39(43)41-25-27-45-49(51(41)57)53-47(63(45)37-23-21-33-13-5-7-15-35(33)29-37)31-59-55(61-53)56-60-32-48-54(62-56)50-46(64(48)38-24-22-34-14-6-8-16-36(34)30-38)28-26-42-40-18-10-12-20-44(40)58(3,4)52(42)50/h5-32H,1-4H3. The van der Waals surface area contributed by atoms with E-state index in [9.17, 15) is 0 Å². The lowest BCUT2D eigenvalue weighted by atomic mass is 9.81. The van der Waals surface area contributed by atoms with Gasteiger partial charge in [-0.15, -0.1) is 0 Å². The largest absolute Gasteiger partial charge is 0.306 e. The molecule has 0 atom stereocenters. The van der Waals surface area contributed by atoms with Gasteiger partial charge < -0.3 is 9.13 Å². The van der Waals surface area contributed by atoms with E-state index < -0.39 is 0 Å². The molecule has 0 unspecified atom stereocenters. The first-order chi connectivity index (χ1) is 31.3. The van der Waals surface area contributed by atoms with E-state index in [2.05, 4.69) is 195 Å². The van der Waals surface area contributed by atoms with Crippen molar-refractivity contribution in [2.75, 3.05) is 0 Å². The Labute approximate surface area is 369 Å². The van der Waals surface area contributed by atoms with E-state index in [0.717, 1.165) is 55.2 Å². The zero-order valence-electron chi connectivity index (χ0n) is 35.8. The molecule has 0 saturated carbocycles. The second-order valence-corrected chi connectivity index (χ2v) is 18.7. The maximum Gasteiger partial charge on any atom is 0.198 e. The summed E-state index contributed by atoms with van der Waals surface area (Å²) in [5, 5.41) is 7.05. The molecular weight excluding hydrogens is 781 g/mol. The van der Waals surface area contributed by atoms with Gasteiger partial charge in [0.15, 0.2) is 11.6 Å². The lowest BCUT2D eigenvalue weighted by Crippen LogP contribution is -2.15. The molecule has 64 heavy (non-hydrogen) atoms. The molecule has 6 heteroatoms. The van der Waals surface area contributed by atoms with Crippen molar-refractivity contribution in [2.45, 2.75) is 38.5 Å². The van der Waals surface area contributed by atoms with Crippen LogP contribution in [-0.4, -0.2) is 29.1 Å². The van der Waals surface area contributed by atoms with Gasteiger partial charge in [-0.05, 0) is 102 Å². The van der Waals surface area contributed by atoms with E-state index >= 15 is 0 Å². The van der Waals surface area contributed by atoms with Crippen LogP contribution in [0.2, 0.25) is 0 Å². The monoisotopic (exact) mass is 820 g/mol. The molecule has 8 aromatic carbocycles. The quantitative estimate of drug-likeness (QED) is 0.178. The molecule has 0 bridgehead atoms. The van der Waals surface area contributed by atoms with Crippen molar-refractivity contribution in [3.63, 3.8) is 0 Å². The third-order valence-electron chi connectivity index (χ3n) is 14.6. The molecule has 4 heterocycles. The van der Waals surface area contributed by atoms with Crippen LogP contribution in [0, 0.1) is 0 Å². The number of benzene rings is 8. The second-order valence-electron chi connectivity index (χ2n) is 18.7. The van der Waals surface area contributed by atoms with Crippen LogP contribution in [0.5, 0.6) is 0 Å². The Balaban J connectivity index is 1.05. The van der Waals surface area contributed by atoms with Crippen LogP contribution in [0.1, 0.15) is 49.9 Å². The van der Waals surface area contributed by atoms with Crippen LogP contribution in [0.15, 0.2) is 170 Å². The van der Waals surface area contributed by atoms with Gasteiger partial charge in [-0.3, -0.25) is 0 Å². The fraction of sp³-hybridized carbons (Fsp3) is 0.103. The lowest BCUT2D eigenvalue weighted by Gasteiger charge is -2.22. The maximum atomic E-state index is 5.54. The summed E-state index contributed by atoms with van der Waals surface area (Å²) in [5.74, 6) is 0.999. The molecule has 0 amide bonds. The smallest absolute Gasteiger partial charge is 0.198 e. The zero-order chi connectivity index (χ0) is 42.6. The van der Waals surface area contributed by atoms with Crippen molar-refractivity contribution < 1.29 is 0 Å². The highest BCUT2D eigenvalue weighted by Gasteiger charge is 2.40. The predicted molar refractivity (Wildman–Crippen MR) is 262 cm³/mol. The van der Waals surface area contributed by atoms with E-state index in [1.54, 1.807) is 0 Å². The molecule has 0 N–H and O–H groups in total. The molecule has 14 rings (SSSR count). The SMILES string of the molecule is CC1(C)c2ccccc2-c2ccc3c(c21)c1nc(-c2ncc4c(n2)c2c5c(ccc2n4-c2ccc4ccccc4c2)-c2ccccc2C5(C)C)ncc1n3-c1ccc2ccccc2c1. The second kappa shape index (κ2) is 12.4. The average molecular weight is 821 g/mol. The summed E-state index contributed by atoms with van der Waals surface area (Å²) in [7, 11) is 0. The molecule has 2 aliphatic rings. The van der Waals surface area contributed by atoms with Crippen LogP contribution in [0.3, 0.4) is 0 Å². The number of nitrogens with zero attached hydrogens (tertiary/aromatic N) is 6. The summed E-state index contributed by atoms with van der Waals surface area (Å²) in [6.45, 7) is 9.38. The fourth-order valence-corrected chi connectivity index (χ4v) is 11.7. The Morgan fingerprint density at radius 3 is 1.23 bits per heavy atom. The Bertz CT molecular complexity index is 3770. The first-order valence-electron chi connectivity index (χ1n) is 22.1. The molecule has 6 nitrogen and oxygen atoms in total. The molecule has 0 aliphatic heterocycles. The number of aromatic nitrogens is 6. The molecule has 12 aromatic rings. The fourth-order valence-electron chi connectivity index (χ4n) is 11.7. The Morgan fingerprint density at radius 1 is 0.375 bits per heavy atom. The van der Waals surface area contributed by atoms with Crippen molar-refractivity contribution in [3.8, 4) is 45.3 Å². The van der Waals surface area contributed by atoms with Gasteiger partial charge in [0, 0.05) is 33.0 Å². The Kier molecular flexibility index (Phi) is 6.88. The van der Waals surface area contributed by atoms with Crippen LogP contribution in [0.25, 0.3) is 111 Å². The van der Waals surface area contributed by atoms with Gasteiger partial charge in [0.2, 0.25) is 0 Å². The summed E-state index contributed by atoms with van der Waals surface area (Å²) in [5.41, 5.74) is 17.8. The van der Waals surface area contributed by atoms with Gasteiger partial charge in [0.25, 0.3) is 0 Å². The van der Waals surface area contributed by atoms with E-state index in [1.807, 2.05) is 12.4 Å². The number of hydrogen-bond donors (Lipinski definition) is 0. The minimum Gasteiger partial charge on any atom is -0.306 e. The number of hydrogen-bond acceptors (Lipinski definition) is 4. The summed E-state index contributed by atoms with van der Waals surface area (Å²) in [6.07, 6.45) is 3.97. The minimum atomic E-state index is -0.260. The third kappa shape index (κ3) is 4.59. The van der Waals surface area contributed by atoms with Gasteiger partial charge in [-0.1, -0.05) is 149 Å². The molecule has 4 aromatic heterocycles.